The lowest BCUT2D eigenvalue weighted by molar-refractivity contribution is 0.0743. The molecule has 0 aliphatic carbocycles. The van der Waals surface area contributed by atoms with E-state index in [4.69, 9.17) is 4.98 Å². The zero-order valence-electron chi connectivity index (χ0n) is 19.7. The molecule has 2 rings (SSSR count). The summed E-state index contributed by atoms with van der Waals surface area (Å²) in [6.45, 7) is 16.7. The Labute approximate surface area is 187 Å². The van der Waals surface area contributed by atoms with Crippen molar-refractivity contribution in [1.82, 2.24) is 14.8 Å². The fourth-order valence-electron chi connectivity index (χ4n) is 4.04. The fourth-order valence-corrected chi connectivity index (χ4v) is 5.07. The molecule has 1 heterocycles. The van der Waals surface area contributed by atoms with E-state index in [9.17, 15) is 4.79 Å². The van der Waals surface area contributed by atoms with Gasteiger partial charge in [0.25, 0.3) is 5.91 Å². The molecule has 1 aromatic heterocycles. The summed E-state index contributed by atoms with van der Waals surface area (Å²) in [5, 5.41) is 0.930. The van der Waals surface area contributed by atoms with E-state index in [-0.39, 0.29) is 5.91 Å². The van der Waals surface area contributed by atoms with Crippen LogP contribution in [0.25, 0.3) is 10.6 Å². The van der Waals surface area contributed by atoms with Crippen molar-refractivity contribution >= 4 is 17.2 Å². The van der Waals surface area contributed by atoms with Crippen LogP contribution in [0.3, 0.4) is 0 Å². The molecule has 0 saturated carbocycles. The van der Waals surface area contributed by atoms with Gasteiger partial charge in [-0.2, -0.15) is 0 Å². The van der Waals surface area contributed by atoms with Gasteiger partial charge in [0.1, 0.15) is 9.88 Å². The third kappa shape index (κ3) is 6.39. The normalized spacial score (nSPS) is 12.4. The Morgan fingerprint density at radius 3 is 2.33 bits per heavy atom. The van der Waals surface area contributed by atoms with Gasteiger partial charge in [-0.05, 0) is 65.6 Å². The van der Waals surface area contributed by atoms with Gasteiger partial charge in [0.05, 0.1) is 5.69 Å². The van der Waals surface area contributed by atoms with Crippen LogP contribution in [0.4, 0.5) is 0 Å². The highest BCUT2D eigenvalue weighted by atomic mass is 32.1. The molecule has 4 nitrogen and oxygen atoms in total. The Morgan fingerprint density at radius 2 is 1.77 bits per heavy atom. The molecule has 0 aliphatic heterocycles. The number of aryl methyl sites for hydroxylation is 2. The zero-order valence-corrected chi connectivity index (χ0v) is 20.5. The molecule has 0 spiro atoms. The number of rotatable bonds is 12. The van der Waals surface area contributed by atoms with Crippen LogP contribution in [0.15, 0.2) is 24.3 Å². The number of carbonyl (C=O) groups excluding carboxylic acids is 1. The van der Waals surface area contributed by atoms with Crippen LogP contribution in [-0.4, -0.2) is 52.9 Å². The molecule has 1 unspecified atom stereocenters. The third-order valence-electron chi connectivity index (χ3n) is 5.67. The van der Waals surface area contributed by atoms with Crippen molar-refractivity contribution in [2.75, 3.05) is 26.2 Å². The number of benzene rings is 1. The lowest BCUT2D eigenvalue weighted by atomic mass is 10.1. The Hall–Kier alpha value is -1.72. The monoisotopic (exact) mass is 429 g/mol. The van der Waals surface area contributed by atoms with Crippen LogP contribution in [0.5, 0.6) is 0 Å². The van der Waals surface area contributed by atoms with Crippen molar-refractivity contribution in [1.29, 1.82) is 0 Å². The third-order valence-corrected chi connectivity index (χ3v) is 6.86. The maximum absolute atomic E-state index is 13.3. The molecule has 0 N–H and O–H groups in total. The van der Waals surface area contributed by atoms with Gasteiger partial charge >= 0.3 is 0 Å². The van der Waals surface area contributed by atoms with Gasteiger partial charge in [0, 0.05) is 24.7 Å². The molecule has 0 aliphatic rings. The zero-order chi connectivity index (χ0) is 22.1. The summed E-state index contributed by atoms with van der Waals surface area (Å²) in [5.41, 5.74) is 3.13. The minimum absolute atomic E-state index is 0.124. The number of hydrogen-bond donors (Lipinski definition) is 0. The molecule has 30 heavy (non-hydrogen) atoms. The Balaban J connectivity index is 2.12. The fraction of sp³-hybridized carbons (Fsp3) is 0.600. The predicted molar refractivity (Wildman–Crippen MR) is 129 cm³/mol. The van der Waals surface area contributed by atoms with Gasteiger partial charge in [-0.3, -0.25) is 4.79 Å². The van der Waals surface area contributed by atoms with Crippen molar-refractivity contribution in [3.8, 4) is 10.6 Å². The Morgan fingerprint density at radius 1 is 1.07 bits per heavy atom. The SMILES string of the molecule is CCCN(CCC)C(CC)CCN(CC)C(=O)c1sc(-c2cccc(C)c2)nc1C. The first-order chi connectivity index (χ1) is 14.4. The van der Waals surface area contributed by atoms with E-state index in [0.29, 0.717) is 6.04 Å². The highest BCUT2D eigenvalue weighted by molar-refractivity contribution is 7.17. The largest absolute Gasteiger partial charge is 0.338 e. The molecule has 1 atom stereocenters. The van der Waals surface area contributed by atoms with E-state index in [2.05, 4.69) is 57.7 Å². The molecule has 2 aromatic rings. The summed E-state index contributed by atoms with van der Waals surface area (Å²) in [5.74, 6) is 0.124. The predicted octanol–water partition coefficient (Wildman–Crippen LogP) is 6.18. The van der Waals surface area contributed by atoms with Crippen LogP contribution in [0, 0.1) is 13.8 Å². The summed E-state index contributed by atoms with van der Waals surface area (Å²) in [4.78, 5) is 23.4. The summed E-state index contributed by atoms with van der Waals surface area (Å²) >= 11 is 1.52. The van der Waals surface area contributed by atoms with Gasteiger partial charge in [0.15, 0.2) is 0 Å². The molecule has 0 radical (unpaired) electrons. The number of hydrogen-bond acceptors (Lipinski definition) is 4. The summed E-state index contributed by atoms with van der Waals surface area (Å²) < 4.78 is 0. The van der Waals surface area contributed by atoms with Crippen molar-refractivity contribution in [3.05, 3.63) is 40.4 Å². The van der Waals surface area contributed by atoms with Crippen LogP contribution in [0.1, 0.15) is 74.3 Å². The molecule has 5 heteroatoms. The van der Waals surface area contributed by atoms with Crippen molar-refractivity contribution < 1.29 is 4.79 Å². The summed E-state index contributed by atoms with van der Waals surface area (Å²) in [6, 6.07) is 8.87. The molecular weight excluding hydrogens is 390 g/mol. The van der Waals surface area contributed by atoms with E-state index in [1.165, 1.54) is 29.7 Å². The van der Waals surface area contributed by atoms with Crippen LogP contribution < -0.4 is 0 Å². The van der Waals surface area contributed by atoms with E-state index >= 15 is 0 Å². The molecule has 0 bridgehead atoms. The van der Waals surface area contributed by atoms with Crippen molar-refractivity contribution in [2.24, 2.45) is 0 Å². The average molecular weight is 430 g/mol. The first-order valence-corrected chi connectivity index (χ1v) is 12.3. The topological polar surface area (TPSA) is 36.4 Å². The standard InChI is InChI=1S/C25H39N3OS/c1-7-15-28(16-8-2)22(9-3)14-17-27(10-4)25(29)23-20(6)26-24(30-23)21-13-11-12-19(5)18-21/h11-13,18,22H,7-10,14-17H2,1-6H3. The quantitative estimate of drug-likeness (QED) is 0.404. The first kappa shape index (κ1) is 24.5. The smallest absolute Gasteiger partial charge is 0.265 e. The Kier molecular flexibility index (Phi) is 9.99. The van der Waals surface area contributed by atoms with E-state index < -0.39 is 0 Å². The molecule has 0 fully saturated rings. The lowest BCUT2D eigenvalue weighted by Crippen LogP contribution is -2.40. The molecule has 1 amide bonds. The van der Waals surface area contributed by atoms with Gasteiger partial charge in [0.2, 0.25) is 0 Å². The molecular formula is C25H39N3OS. The minimum Gasteiger partial charge on any atom is -0.338 e. The second-order valence-corrected chi connectivity index (χ2v) is 9.07. The molecule has 1 aromatic carbocycles. The van der Waals surface area contributed by atoms with Crippen LogP contribution in [0.2, 0.25) is 0 Å². The number of aromatic nitrogens is 1. The highest BCUT2D eigenvalue weighted by Crippen LogP contribution is 2.29. The number of thiazole rings is 1. The maximum Gasteiger partial charge on any atom is 0.265 e. The van der Waals surface area contributed by atoms with Gasteiger partial charge in [-0.15, -0.1) is 11.3 Å². The summed E-state index contributed by atoms with van der Waals surface area (Å²) in [7, 11) is 0. The van der Waals surface area contributed by atoms with Crippen LogP contribution in [-0.2, 0) is 0 Å². The molecule has 166 valence electrons. The van der Waals surface area contributed by atoms with Crippen LogP contribution >= 0.6 is 11.3 Å². The molecule has 0 saturated heterocycles. The Bertz CT molecular complexity index is 795. The second-order valence-electron chi connectivity index (χ2n) is 8.07. The van der Waals surface area contributed by atoms with E-state index in [0.717, 1.165) is 60.2 Å². The van der Waals surface area contributed by atoms with E-state index in [1.807, 2.05) is 17.9 Å². The average Bonchev–Trinajstić information content (AvgIpc) is 3.13. The number of carbonyl (C=O) groups is 1. The summed E-state index contributed by atoms with van der Waals surface area (Å²) in [6.07, 6.45) is 4.50. The van der Waals surface area contributed by atoms with Gasteiger partial charge in [-0.25, -0.2) is 4.98 Å². The van der Waals surface area contributed by atoms with Crippen molar-refractivity contribution in [3.63, 3.8) is 0 Å². The first-order valence-electron chi connectivity index (χ1n) is 11.5. The van der Waals surface area contributed by atoms with E-state index in [1.54, 1.807) is 0 Å². The lowest BCUT2D eigenvalue weighted by Gasteiger charge is -2.32. The van der Waals surface area contributed by atoms with Gasteiger partial charge < -0.3 is 9.80 Å². The van der Waals surface area contributed by atoms with Crippen molar-refractivity contribution in [2.45, 2.75) is 73.3 Å². The minimum atomic E-state index is 0.124. The maximum atomic E-state index is 13.3. The highest BCUT2D eigenvalue weighted by Gasteiger charge is 2.23. The van der Waals surface area contributed by atoms with Gasteiger partial charge in [-0.1, -0.05) is 44.5 Å². The second kappa shape index (κ2) is 12.2. The number of nitrogens with zero attached hydrogens (tertiary/aromatic N) is 3. The number of amides is 1.